The van der Waals surface area contributed by atoms with Crippen molar-refractivity contribution in [2.24, 2.45) is 0 Å². The van der Waals surface area contributed by atoms with Crippen LogP contribution in [0.2, 0.25) is 0 Å². The van der Waals surface area contributed by atoms with Gasteiger partial charge >= 0.3 is 18.4 Å². The van der Waals surface area contributed by atoms with Gasteiger partial charge in [0, 0.05) is 23.5 Å². The average molecular weight is 456 g/mol. The third-order valence-electron chi connectivity index (χ3n) is 5.07. The van der Waals surface area contributed by atoms with Crippen molar-refractivity contribution in [3.05, 3.63) is 70.9 Å². The van der Waals surface area contributed by atoms with Gasteiger partial charge in [0.1, 0.15) is 0 Å². The lowest BCUT2D eigenvalue weighted by Gasteiger charge is -2.16. The summed E-state index contributed by atoms with van der Waals surface area (Å²) in [6, 6.07) is 8.11. The number of carbonyl (C=O) groups is 2. The number of aromatic nitrogens is 1. The molecule has 4 rings (SSSR count). The molecule has 2 heterocycles. The maximum absolute atomic E-state index is 13.1. The molecule has 32 heavy (non-hydrogen) atoms. The van der Waals surface area contributed by atoms with Crippen LogP contribution in [0.3, 0.4) is 0 Å². The first-order valence-corrected chi connectivity index (χ1v) is 9.29. The molecule has 1 atom stereocenters. The number of nitrogens with one attached hydrogen (secondary N) is 1. The molecule has 0 spiro atoms. The molecule has 0 unspecified atom stereocenters. The second kappa shape index (κ2) is 7.57. The summed E-state index contributed by atoms with van der Waals surface area (Å²) in [4.78, 5) is 28.4. The van der Waals surface area contributed by atoms with E-state index in [9.17, 15) is 35.9 Å². The molecule has 5 nitrogen and oxygen atoms in total. The summed E-state index contributed by atoms with van der Waals surface area (Å²) in [5.41, 5.74) is -2.09. The normalized spacial score (nSPS) is 17.3. The molecule has 2 aromatic carbocycles. The maximum atomic E-state index is 13.1. The second-order valence-electron chi connectivity index (χ2n) is 7.27. The lowest BCUT2D eigenvalue weighted by molar-refractivity contribution is -0.143. The van der Waals surface area contributed by atoms with Crippen LogP contribution >= 0.6 is 0 Å². The number of ether oxygens (including phenoxy) is 1. The number of benzene rings is 2. The van der Waals surface area contributed by atoms with Crippen molar-refractivity contribution in [3.63, 3.8) is 0 Å². The number of nitrogens with zero attached hydrogens (tertiary/aromatic N) is 1. The van der Waals surface area contributed by atoms with E-state index in [-0.39, 0.29) is 12.5 Å². The zero-order chi connectivity index (χ0) is 23.3. The molecular weight excluding hydrogens is 442 g/mol. The summed E-state index contributed by atoms with van der Waals surface area (Å²) in [7, 11) is 0. The fraction of sp³-hybridized carbons (Fsp3) is 0.238. The maximum Gasteiger partial charge on any atom is 0.417 e. The molecule has 168 valence electrons. The lowest BCUT2D eigenvalue weighted by atomic mass is 10.0. The number of imide groups is 1. The number of H-pyrrole nitrogens is 1. The number of halogens is 6. The molecule has 1 fully saturated rings. The molecule has 11 heteroatoms. The molecule has 1 aromatic heterocycles. The zero-order valence-corrected chi connectivity index (χ0v) is 16.1. The van der Waals surface area contributed by atoms with Crippen molar-refractivity contribution in [2.45, 2.75) is 31.4 Å². The van der Waals surface area contributed by atoms with E-state index in [2.05, 4.69) is 4.98 Å². The fourth-order valence-electron chi connectivity index (χ4n) is 3.56. The molecular formula is C21H14F6N2O3. The minimum atomic E-state index is -5.04. The van der Waals surface area contributed by atoms with E-state index in [4.69, 9.17) is 4.74 Å². The topological polar surface area (TPSA) is 62.4 Å². The molecule has 1 N–H and O–H groups in total. The SMILES string of the molecule is O=C1O[C@@H](Cc2c[nH]c3ccccc23)C(=O)N1Cc1cc(C(F)(F)F)cc(C(F)(F)F)c1. The minimum Gasteiger partial charge on any atom is -0.435 e. The summed E-state index contributed by atoms with van der Waals surface area (Å²) in [6.07, 6.45) is -10.8. The first-order chi connectivity index (χ1) is 14.9. The van der Waals surface area contributed by atoms with E-state index in [0.29, 0.717) is 22.6 Å². The van der Waals surface area contributed by atoms with Crippen LogP contribution in [-0.2, 0) is 34.8 Å². The van der Waals surface area contributed by atoms with Crippen molar-refractivity contribution in [3.8, 4) is 0 Å². The van der Waals surface area contributed by atoms with Crippen molar-refractivity contribution in [1.82, 2.24) is 9.88 Å². The first-order valence-electron chi connectivity index (χ1n) is 9.29. The number of para-hydroxylation sites is 1. The first kappa shape index (κ1) is 21.7. The Hall–Kier alpha value is -3.50. The van der Waals surface area contributed by atoms with E-state index < -0.39 is 53.7 Å². The summed E-state index contributed by atoms with van der Waals surface area (Å²) < 4.78 is 83.4. The standard InChI is InChI=1S/C21H14F6N2O3/c22-20(23,24)13-5-11(6-14(8-13)21(25,26)27)10-29-18(30)17(32-19(29)31)7-12-9-28-16-4-2-1-3-15(12)16/h1-6,8-9,17,28H,7,10H2/t17-/m0/s1. The highest BCUT2D eigenvalue weighted by atomic mass is 19.4. The van der Waals surface area contributed by atoms with Crippen molar-refractivity contribution >= 4 is 22.9 Å². The van der Waals surface area contributed by atoms with E-state index in [1.54, 1.807) is 30.5 Å². The Labute approximate surface area is 176 Å². The molecule has 1 aliphatic heterocycles. The van der Waals surface area contributed by atoms with Gasteiger partial charge in [-0.15, -0.1) is 0 Å². The van der Waals surface area contributed by atoms with E-state index >= 15 is 0 Å². The summed E-state index contributed by atoms with van der Waals surface area (Å²) in [6.45, 7) is -0.783. The number of carbonyl (C=O) groups excluding carboxylic acids is 2. The number of hydrogen-bond donors (Lipinski definition) is 1. The van der Waals surface area contributed by atoms with Crippen LogP contribution in [0.15, 0.2) is 48.7 Å². The largest absolute Gasteiger partial charge is 0.435 e. The number of cyclic esters (lactones) is 1. The Bertz CT molecular complexity index is 1170. The number of aromatic amines is 1. The highest BCUT2D eigenvalue weighted by Gasteiger charge is 2.42. The second-order valence-corrected chi connectivity index (χ2v) is 7.27. The van der Waals surface area contributed by atoms with Gasteiger partial charge in [0.15, 0.2) is 6.10 Å². The van der Waals surface area contributed by atoms with Crippen LogP contribution in [0.4, 0.5) is 31.1 Å². The van der Waals surface area contributed by atoms with Crippen LogP contribution in [0, 0.1) is 0 Å². The molecule has 0 bridgehead atoms. The van der Waals surface area contributed by atoms with Gasteiger partial charge in [-0.2, -0.15) is 26.3 Å². The molecule has 0 radical (unpaired) electrons. The minimum absolute atomic E-state index is 0.00147. The molecule has 3 aromatic rings. The van der Waals surface area contributed by atoms with Gasteiger partial charge in [0.05, 0.1) is 17.7 Å². The molecule has 0 aliphatic carbocycles. The van der Waals surface area contributed by atoms with Gasteiger partial charge < -0.3 is 9.72 Å². The Morgan fingerprint density at radius 2 is 1.56 bits per heavy atom. The van der Waals surface area contributed by atoms with E-state index in [1.807, 2.05) is 0 Å². The van der Waals surface area contributed by atoms with Gasteiger partial charge in [-0.3, -0.25) is 4.79 Å². The predicted octanol–water partition coefficient (Wildman–Crippen LogP) is 5.30. The van der Waals surface area contributed by atoms with Crippen LogP contribution < -0.4 is 0 Å². The Morgan fingerprint density at radius 3 is 2.19 bits per heavy atom. The van der Waals surface area contributed by atoms with Crippen LogP contribution in [0.5, 0.6) is 0 Å². The fourth-order valence-corrected chi connectivity index (χ4v) is 3.56. The molecule has 1 saturated heterocycles. The lowest BCUT2D eigenvalue weighted by Crippen LogP contribution is -2.32. The highest BCUT2D eigenvalue weighted by molar-refractivity contribution is 6.00. The number of rotatable bonds is 4. The number of hydrogen-bond acceptors (Lipinski definition) is 3. The van der Waals surface area contributed by atoms with Crippen molar-refractivity contribution in [2.75, 3.05) is 0 Å². The van der Waals surface area contributed by atoms with Crippen LogP contribution in [0.25, 0.3) is 10.9 Å². The van der Waals surface area contributed by atoms with Gasteiger partial charge in [-0.05, 0) is 35.4 Å². The van der Waals surface area contributed by atoms with Crippen molar-refractivity contribution < 1.29 is 40.7 Å². The summed E-state index contributed by atoms with van der Waals surface area (Å²) in [5.74, 6) is -0.841. The van der Waals surface area contributed by atoms with Crippen LogP contribution in [-0.4, -0.2) is 28.0 Å². The Morgan fingerprint density at radius 1 is 0.938 bits per heavy atom. The average Bonchev–Trinajstić information content (AvgIpc) is 3.23. The van der Waals surface area contributed by atoms with E-state index in [0.717, 1.165) is 10.9 Å². The third-order valence-corrected chi connectivity index (χ3v) is 5.07. The van der Waals surface area contributed by atoms with Crippen LogP contribution in [0.1, 0.15) is 22.3 Å². The molecule has 1 aliphatic rings. The molecule has 0 saturated carbocycles. The van der Waals surface area contributed by atoms with Gasteiger partial charge in [0.2, 0.25) is 0 Å². The summed E-state index contributed by atoms with van der Waals surface area (Å²) >= 11 is 0. The predicted molar refractivity (Wildman–Crippen MR) is 99.3 cm³/mol. The number of alkyl halides is 6. The summed E-state index contributed by atoms with van der Waals surface area (Å²) in [5, 5.41) is 0.794. The Balaban J connectivity index is 1.58. The smallest absolute Gasteiger partial charge is 0.417 e. The highest BCUT2D eigenvalue weighted by Crippen LogP contribution is 2.37. The third kappa shape index (κ3) is 4.14. The van der Waals surface area contributed by atoms with Gasteiger partial charge in [0.25, 0.3) is 5.91 Å². The number of amides is 2. The van der Waals surface area contributed by atoms with Crippen molar-refractivity contribution in [1.29, 1.82) is 0 Å². The van der Waals surface area contributed by atoms with Gasteiger partial charge in [-0.25, -0.2) is 9.69 Å². The monoisotopic (exact) mass is 456 g/mol. The van der Waals surface area contributed by atoms with E-state index in [1.165, 1.54) is 0 Å². The number of fused-ring (bicyclic) bond motifs is 1. The zero-order valence-electron chi connectivity index (χ0n) is 16.1. The van der Waals surface area contributed by atoms with Gasteiger partial charge in [-0.1, -0.05) is 18.2 Å². The Kier molecular flexibility index (Phi) is 5.14. The molecule has 2 amide bonds. The quantitative estimate of drug-likeness (QED) is 0.543.